The quantitative estimate of drug-likeness (QED) is 0.0836. The van der Waals surface area contributed by atoms with E-state index in [4.69, 9.17) is 14.2 Å². The van der Waals surface area contributed by atoms with Gasteiger partial charge >= 0.3 is 11.9 Å². The first-order valence-corrected chi connectivity index (χ1v) is 15.2. The van der Waals surface area contributed by atoms with E-state index in [9.17, 15) is 9.59 Å². The molecule has 3 aromatic rings. The Morgan fingerprint density at radius 3 is 2.52 bits per heavy atom. The van der Waals surface area contributed by atoms with Crippen LogP contribution < -0.4 is 33.5 Å². The molecular weight excluding hydrogens is 665 g/mol. The van der Waals surface area contributed by atoms with Crippen LogP contribution >= 0.6 is 11.7 Å². The van der Waals surface area contributed by atoms with Crippen molar-refractivity contribution in [3.8, 4) is 11.6 Å². The minimum Gasteiger partial charge on any atom is -1.00 e. The van der Waals surface area contributed by atoms with E-state index in [0.29, 0.717) is 46.8 Å². The number of hydrogen-bond acceptors (Lipinski definition) is 8. The lowest BCUT2D eigenvalue weighted by atomic mass is 10.0. The fraction of sp³-hybridized carbons (Fsp3) is 0.438. The first-order chi connectivity index (χ1) is 19.9. The third kappa shape index (κ3) is 9.08. The van der Waals surface area contributed by atoms with Gasteiger partial charge in [-0.2, -0.15) is 4.37 Å². The van der Waals surface area contributed by atoms with Crippen molar-refractivity contribution in [2.45, 2.75) is 65.0 Å². The second kappa shape index (κ2) is 16.7. The van der Waals surface area contributed by atoms with Crippen LogP contribution in [0.2, 0.25) is 0 Å². The predicted molar refractivity (Wildman–Crippen MR) is 160 cm³/mol. The molecule has 2 atom stereocenters. The van der Waals surface area contributed by atoms with Crippen LogP contribution in [0, 0.1) is 0 Å². The SMILES string of the molecule is CCCCCCOc1nsnc1C1=CCC[N+](C)(C(CC)OC(=O)Cc2ccccc2OC(=O)c2ccccc2)C1.[I-]. The van der Waals surface area contributed by atoms with E-state index in [2.05, 4.69) is 28.8 Å². The van der Waals surface area contributed by atoms with Gasteiger partial charge in [-0.15, -0.1) is 4.37 Å². The molecule has 0 bridgehead atoms. The van der Waals surface area contributed by atoms with Crippen LogP contribution in [0.4, 0.5) is 0 Å². The maximum Gasteiger partial charge on any atom is 0.343 e. The Hall–Kier alpha value is -2.83. The first-order valence-electron chi connectivity index (χ1n) is 14.5. The van der Waals surface area contributed by atoms with Crippen LogP contribution in [0.3, 0.4) is 0 Å². The highest BCUT2D eigenvalue weighted by atomic mass is 127. The van der Waals surface area contributed by atoms with Gasteiger partial charge in [0.05, 0.1) is 43.9 Å². The number of halogens is 1. The second-order valence-corrected chi connectivity index (χ2v) is 11.1. The van der Waals surface area contributed by atoms with E-state index in [1.165, 1.54) is 12.8 Å². The van der Waals surface area contributed by atoms with E-state index < -0.39 is 5.97 Å². The van der Waals surface area contributed by atoms with Crippen molar-refractivity contribution >= 4 is 29.2 Å². The van der Waals surface area contributed by atoms with Crippen LogP contribution in [0.25, 0.3) is 5.57 Å². The zero-order valence-corrected chi connectivity index (χ0v) is 27.6. The molecule has 0 aliphatic carbocycles. The van der Waals surface area contributed by atoms with E-state index >= 15 is 0 Å². The molecule has 10 heteroatoms. The molecule has 1 aliphatic rings. The summed E-state index contributed by atoms with van der Waals surface area (Å²) in [5.41, 5.74) is 2.92. The summed E-state index contributed by atoms with van der Waals surface area (Å²) < 4.78 is 27.2. The molecule has 0 saturated heterocycles. The Balaban J connectivity index is 0.00000484. The molecule has 0 spiro atoms. The van der Waals surface area contributed by atoms with Gasteiger partial charge in [-0.05, 0) is 24.6 Å². The lowest BCUT2D eigenvalue weighted by Gasteiger charge is -2.42. The predicted octanol–water partition coefficient (Wildman–Crippen LogP) is 3.48. The summed E-state index contributed by atoms with van der Waals surface area (Å²) in [5.74, 6) is 0.123. The van der Waals surface area contributed by atoms with Gasteiger partial charge in [0.1, 0.15) is 18.0 Å². The zero-order valence-electron chi connectivity index (χ0n) is 24.6. The number of esters is 2. The topological polar surface area (TPSA) is 87.6 Å². The van der Waals surface area contributed by atoms with Gasteiger partial charge in [-0.25, -0.2) is 4.79 Å². The molecule has 8 nitrogen and oxygen atoms in total. The standard InChI is InChI=1S/C32H40N3O5S.HI/c1-4-6-7-13-21-38-31-30(33-41-34-31)26-18-14-20-35(3,23-26)28(5-2)40-29(36)22-25-17-11-12-19-27(25)39-32(37)24-15-9-8-10-16-24;/h8-12,15-19,28H,4-7,13-14,20-23H2,1-3H3;1H/q+1;/p-1. The van der Waals surface area contributed by atoms with Gasteiger partial charge in [0.15, 0.2) is 0 Å². The summed E-state index contributed by atoms with van der Waals surface area (Å²) in [6.07, 6.45) is 7.90. The summed E-state index contributed by atoms with van der Waals surface area (Å²) >= 11 is 1.16. The maximum absolute atomic E-state index is 13.2. The monoisotopic (exact) mass is 705 g/mol. The number of unbranched alkanes of at least 4 members (excludes halogenated alkanes) is 3. The number of rotatable bonds is 14. The van der Waals surface area contributed by atoms with Gasteiger partial charge in [-0.3, -0.25) is 9.28 Å². The zero-order chi connectivity index (χ0) is 29.1. The van der Waals surface area contributed by atoms with Gasteiger partial charge < -0.3 is 38.2 Å². The van der Waals surface area contributed by atoms with Crippen LogP contribution in [0.1, 0.15) is 74.0 Å². The number of nitrogens with zero attached hydrogens (tertiary/aromatic N) is 3. The normalized spacial score (nSPS) is 17.0. The molecule has 2 unspecified atom stereocenters. The fourth-order valence-electron chi connectivity index (χ4n) is 5.14. The largest absolute Gasteiger partial charge is 1.00 e. The highest BCUT2D eigenvalue weighted by Gasteiger charge is 2.38. The van der Waals surface area contributed by atoms with Crippen molar-refractivity contribution < 1.29 is 52.3 Å². The molecule has 2 aromatic carbocycles. The van der Waals surface area contributed by atoms with Gasteiger partial charge in [0.2, 0.25) is 6.23 Å². The molecule has 0 radical (unpaired) electrons. The molecule has 4 rings (SSSR count). The molecular formula is C32H40IN3O5S. The first kappa shape index (κ1) is 33.7. The lowest BCUT2D eigenvalue weighted by molar-refractivity contribution is -0.947. The summed E-state index contributed by atoms with van der Waals surface area (Å²) in [5, 5.41) is 0. The van der Waals surface area contributed by atoms with Crippen molar-refractivity contribution in [3.05, 3.63) is 77.5 Å². The number of para-hydroxylation sites is 1. The number of ether oxygens (including phenoxy) is 3. The highest BCUT2D eigenvalue weighted by molar-refractivity contribution is 6.99. The van der Waals surface area contributed by atoms with Gasteiger partial charge in [0, 0.05) is 24.0 Å². The van der Waals surface area contributed by atoms with Crippen molar-refractivity contribution in [1.29, 1.82) is 0 Å². The van der Waals surface area contributed by atoms with Crippen molar-refractivity contribution in [1.82, 2.24) is 8.75 Å². The molecule has 0 N–H and O–H groups in total. The van der Waals surface area contributed by atoms with E-state index in [1.54, 1.807) is 42.5 Å². The minimum atomic E-state index is -0.468. The molecule has 0 saturated carbocycles. The van der Waals surface area contributed by atoms with E-state index in [0.717, 1.165) is 48.8 Å². The summed E-state index contributed by atoms with van der Waals surface area (Å²) in [6, 6.07) is 15.9. The fourth-order valence-corrected chi connectivity index (χ4v) is 5.67. The van der Waals surface area contributed by atoms with E-state index in [1.807, 2.05) is 19.1 Å². The Labute approximate surface area is 270 Å². The number of aromatic nitrogens is 2. The van der Waals surface area contributed by atoms with E-state index in [-0.39, 0.29) is 42.6 Å². The number of carbonyl (C=O) groups excluding carboxylic acids is 2. The molecule has 42 heavy (non-hydrogen) atoms. The highest BCUT2D eigenvalue weighted by Crippen LogP contribution is 2.32. The van der Waals surface area contributed by atoms with Crippen LogP contribution in [-0.4, -0.2) is 58.1 Å². The third-order valence-corrected chi connectivity index (χ3v) is 7.90. The number of likely N-dealkylation sites (N-methyl/N-ethyl adjacent to an activating group) is 1. The van der Waals surface area contributed by atoms with Crippen molar-refractivity contribution in [3.63, 3.8) is 0 Å². The third-order valence-electron chi connectivity index (χ3n) is 7.39. The lowest BCUT2D eigenvalue weighted by Crippen LogP contribution is -3.00. The minimum absolute atomic E-state index is 0. The van der Waals surface area contributed by atoms with Crippen molar-refractivity contribution in [2.75, 3.05) is 26.7 Å². The van der Waals surface area contributed by atoms with Crippen LogP contribution in [0.5, 0.6) is 11.6 Å². The Morgan fingerprint density at radius 2 is 1.76 bits per heavy atom. The maximum atomic E-state index is 13.2. The second-order valence-electron chi connectivity index (χ2n) is 10.6. The number of quaternary nitrogens is 1. The Kier molecular flexibility index (Phi) is 13.4. The molecule has 0 fully saturated rings. The number of carbonyl (C=O) groups is 2. The summed E-state index contributed by atoms with van der Waals surface area (Å²) in [4.78, 5) is 25.8. The molecule has 1 aliphatic heterocycles. The average Bonchev–Trinajstić information content (AvgIpc) is 3.46. The number of hydrogen-bond donors (Lipinski definition) is 0. The van der Waals surface area contributed by atoms with Crippen LogP contribution in [0.15, 0.2) is 60.7 Å². The molecule has 0 amide bonds. The number of benzene rings is 2. The average molecular weight is 706 g/mol. The molecule has 226 valence electrons. The molecule has 2 heterocycles. The van der Waals surface area contributed by atoms with Gasteiger partial charge in [-0.1, -0.05) is 75.6 Å². The smallest absolute Gasteiger partial charge is 0.343 e. The Bertz CT molecular complexity index is 1330. The van der Waals surface area contributed by atoms with Gasteiger partial charge in [0.25, 0.3) is 5.88 Å². The van der Waals surface area contributed by atoms with Crippen molar-refractivity contribution in [2.24, 2.45) is 0 Å². The summed E-state index contributed by atoms with van der Waals surface area (Å²) in [6.45, 7) is 6.36. The molecule has 1 aromatic heterocycles. The summed E-state index contributed by atoms with van der Waals surface area (Å²) in [7, 11) is 2.12. The van der Waals surface area contributed by atoms with Crippen LogP contribution in [-0.2, 0) is 16.0 Å². The Morgan fingerprint density at radius 1 is 1.00 bits per heavy atom.